The Morgan fingerprint density at radius 2 is 2.44 bits per heavy atom. The normalized spacial score (nSPS) is 8.67. The van der Waals surface area contributed by atoms with Crippen molar-refractivity contribution in [2.75, 3.05) is 0 Å². The maximum atomic E-state index is 5.59. The molecule has 4 heteroatoms. The van der Waals surface area contributed by atoms with E-state index in [-0.39, 0.29) is 12.4 Å². The minimum Gasteiger partial charge on any atom is -0.322 e. The summed E-state index contributed by atoms with van der Waals surface area (Å²) >= 11 is 5.59. The Labute approximate surface area is 65.3 Å². The topological polar surface area (TPSA) is 17.8 Å². The summed E-state index contributed by atoms with van der Waals surface area (Å²) in [5, 5.41) is 0.563. The van der Waals surface area contributed by atoms with Crippen molar-refractivity contribution in [3.05, 3.63) is 17.7 Å². The average Bonchev–Trinajstić information content (AvgIpc) is 2.14. The molecule has 0 spiro atoms. The van der Waals surface area contributed by atoms with Crippen LogP contribution < -0.4 is 0 Å². The van der Waals surface area contributed by atoms with Gasteiger partial charge in [0, 0.05) is 18.9 Å². The molecule has 0 aliphatic carbocycles. The van der Waals surface area contributed by atoms with E-state index in [2.05, 4.69) is 4.98 Å². The predicted octanol–water partition coefficient (Wildman–Crippen LogP) is 1.98. The van der Waals surface area contributed by atoms with E-state index in [0.29, 0.717) is 5.28 Å². The molecule has 0 radical (unpaired) electrons. The van der Waals surface area contributed by atoms with Crippen LogP contribution in [0.25, 0.3) is 0 Å². The third kappa shape index (κ3) is 1.88. The number of hydrogen-bond donors (Lipinski definition) is 0. The number of aryl methyl sites for hydroxylation is 1. The van der Waals surface area contributed by atoms with E-state index in [1.165, 1.54) is 0 Å². The van der Waals surface area contributed by atoms with Crippen LogP contribution >= 0.6 is 24.0 Å². The van der Waals surface area contributed by atoms with Crippen molar-refractivity contribution in [2.24, 2.45) is 0 Å². The quantitative estimate of drug-likeness (QED) is 0.625. The molecule has 9 heavy (non-hydrogen) atoms. The second-order valence-electron chi connectivity index (χ2n) is 1.48. The summed E-state index contributed by atoms with van der Waals surface area (Å²) in [6, 6.07) is 0. The molecule has 0 saturated heterocycles. The Bertz CT molecular complexity index is 173. The molecule has 52 valence electrons. The van der Waals surface area contributed by atoms with Gasteiger partial charge in [0.05, 0.1) is 0 Å². The third-order valence-corrected chi connectivity index (χ3v) is 1.32. The van der Waals surface area contributed by atoms with Gasteiger partial charge in [0.2, 0.25) is 5.28 Å². The van der Waals surface area contributed by atoms with Gasteiger partial charge in [-0.1, -0.05) is 0 Å². The highest BCUT2D eigenvalue weighted by molar-refractivity contribution is 6.28. The van der Waals surface area contributed by atoms with Gasteiger partial charge >= 0.3 is 0 Å². The van der Waals surface area contributed by atoms with Crippen molar-refractivity contribution in [3.8, 4) is 0 Å². The third-order valence-electron chi connectivity index (χ3n) is 1.01. The van der Waals surface area contributed by atoms with Gasteiger partial charge in [0.25, 0.3) is 0 Å². The second kappa shape index (κ2) is 3.75. The molecule has 1 rings (SSSR count). The zero-order valence-corrected chi connectivity index (χ0v) is 6.61. The van der Waals surface area contributed by atoms with Crippen LogP contribution in [0.15, 0.2) is 12.4 Å². The van der Waals surface area contributed by atoms with E-state index in [1.54, 1.807) is 6.20 Å². The van der Waals surface area contributed by atoms with E-state index in [4.69, 9.17) is 11.6 Å². The summed E-state index contributed by atoms with van der Waals surface area (Å²) in [4.78, 5) is 3.82. The number of halogens is 2. The zero-order valence-electron chi connectivity index (χ0n) is 5.04. The van der Waals surface area contributed by atoms with E-state index < -0.39 is 0 Å². The fourth-order valence-electron chi connectivity index (χ4n) is 0.547. The van der Waals surface area contributed by atoms with Crippen molar-refractivity contribution in [2.45, 2.75) is 13.5 Å². The molecule has 1 aromatic rings. The molecule has 0 aliphatic heterocycles. The van der Waals surface area contributed by atoms with Crippen molar-refractivity contribution < 1.29 is 0 Å². The van der Waals surface area contributed by atoms with Gasteiger partial charge in [-0.05, 0) is 18.5 Å². The van der Waals surface area contributed by atoms with Crippen LogP contribution in [0.3, 0.4) is 0 Å². The Balaban J connectivity index is 0.000000640. The molecule has 0 atom stereocenters. The van der Waals surface area contributed by atoms with Crippen LogP contribution in [0.1, 0.15) is 6.92 Å². The Kier molecular flexibility index (Phi) is 3.66. The van der Waals surface area contributed by atoms with Crippen LogP contribution in [0, 0.1) is 0 Å². The van der Waals surface area contributed by atoms with Gasteiger partial charge in [-0.3, -0.25) is 0 Å². The number of hydrogen-bond acceptors (Lipinski definition) is 1. The van der Waals surface area contributed by atoms with Crippen LogP contribution in [-0.2, 0) is 6.54 Å². The fraction of sp³-hybridized carbons (Fsp3) is 0.400. The van der Waals surface area contributed by atoms with Crippen LogP contribution in [0.4, 0.5) is 0 Å². The number of imidazole rings is 1. The van der Waals surface area contributed by atoms with E-state index in [0.717, 1.165) is 6.54 Å². The molecular formula is C5H8Cl2N2. The maximum Gasteiger partial charge on any atom is 0.202 e. The summed E-state index contributed by atoms with van der Waals surface area (Å²) in [6.45, 7) is 2.91. The Morgan fingerprint density at radius 1 is 1.78 bits per heavy atom. The standard InChI is InChI=1S/C5H7ClN2.ClH/c1-2-8-4-3-7-5(8)6;/h3-4H,2H2,1H3;1H. The lowest BCUT2D eigenvalue weighted by atomic mass is 10.7. The second-order valence-corrected chi connectivity index (χ2v) is 1.82. The minimum atomic E-state index is 0. The molecule has 0 aromatic carbocycles. The highest BCUT2D eigenvalue weighted by atomic mass is 35.5. The molecule has 0 saturated carbocycles. The van der Waals surface area contributed by atoms with E-state index >= 15 is 0 Å². The summed E-state index contributed by atoms with van der Waals surface area (Å²) < 4.78 is 1.86. The van der Waals surface area contributed by atoms with E-state index in [1.807, 2.05) is 17.7 Å². The zero-order chi connectivity index (χ0) is 5.98. The molecule has 2 nitrogen and oxygen atoms in total. The van der Waals surface area contributed by atoms with Gasteiger partial charge in [-0.2, -0.15) is 0 Å². The molecule has 1 heterocycles. The lowest BCUT2D eigenvalue weighted by molar-refractivity contribution is 0.763. The van der Waals surface area contributed by atoms with Crippen molar-refractivity contribution in [3.63, 3.8) is 0 Å². The predicted molar refractivity (Wildman–Crippen MR) is 40.2 cm³/mol. The van der Waals surface area contributed by atoms with Crippen LogP contribution in [0.2, 0.25) is 5.28 Å². The van der Waals surface area contributed by atoms with Crippen LogP contribution in [0.5, 0.6) is 0 Å². The van der Waals surface area contributed by atoms with Gasteiger partial charge in [0.1, 0.15) is 0 Å². The van der Waals surface area contributed by atoms with Gasteiger partial charge in [-0.25, -0.2) is 4.98 Å². The van der Waals surface area contributed by atoms with Gasteiger partial charge < -0.3 is 4.57 Å². The first-order valence-corrected chi connectivity index (χ1v) is 2.89. The average molecular weight is 167 g/mol. The van der Waals surface area contributed by atoms with Gasteiger partial charge in [-0.15, -0.1) is 12.4 Å². The van der Waals surface area contributed by atoms with Gasteiger partial charge in [0.15, 0.2) is 0 Å². The fourth-order valence-corrected chi connectivity index (χ4v) is 0.779. The molecular weight excluding hydrogens is 159 g/mol. The Hall–Kier alpha value is -0.210. The minimum absolute atomic E-state index is 0. The first-order chi connectivity index (χ1) is 3.84. The van der Waals surface area contributed by atoms with Crippen molar-refractivity contribution in [1.29, 1.82) is 0 Å². The van der Waals surface area contributed by atoms with E-state index in [9.17, 15) is 0 Å². The number of rotatable bonds is 1. The smallest absolute Gasteiger partial charge is 0.202 e. The molecule has 0 fully saturated rings. The highest BCUT2D eigenvalue weighted by Gasteiger charge is 1.91. The Morgan fingerprint density at radius 3 is 2.67 bits per heavy atom. The summed E-state index contributed by atoms with van der Waals surface area (Å²) in [7, 11) is 0. The van der Waals surface area contributed by atoms with Crippen molar-refractivity contribution >= 4 is 24.0 Å². The summed E-state index contributed by atoms with van der Waals surface area (Å²) in [6.07, 6.45) is 3.54. The monoisotopic (exact) mass is 166 g/mol. The first kappa shape index (κ1) is 8.79. The molecule has 1 aromatic heterocycles. The molecule has 0 N–H and O–H groups in total. The molecule has 0 aliphatic rings. The summed E-state index contributed by atoms with van der Waals surface area (Å²) in [5.41, 5.74) is 0. The maximum absolute atomic E-state index is 5.59. The highest BCUT2D eigenvalue weighted by Crippen LogP contribution is 2.02. The first-order valence-electron chi connectivity index (χ1n) is 2.51. The number of aromatic nitrogens is 2. The van der Waals surface area contributed by atoms with Crippen molar-refractivity contribution in [1.82, 2.24) is 9.55 Å². The molecule has 0 bridgehead atoms. The van der Waals surface area contributed by atoms with Crippen LogP contribution in [-0.4, -0.2) is 9.55 Å². The summed E-state index contributed by atoms with van der Waals surface area (Å²) in [5.74, 6) is 0. The molecule has 0 unspecified atom stereocenters. The lowest BCUT2D eigenvalue weighted by Gasteiger charge is -1.93. The lowest BCUT2D eigenvalue weighted by Crippen LogP contribution is -1.89. The SMILES string of the molecule is CCn1ccnc1Cl.Cl. The number of nitrogens with zero attached hydrogens (tertiary/aromatic N) is 2. The molecule has 0 amide bonds. The largest absolute Gasteiger partial charge is 0.322 e.